The van der Waals surface area contributed by atoms with Crippen LogP contribution in [-0.4, -0.2) is 23.8 Å². The van der Waals surface area contributed by atoms with Crippen molar-refractivity contribution < 1.29 is 23.1 Å². The smallest absolute Gasteiger partial charge is 0.389 e. The number of aromatic carboxylic acids is 1. The largest absolute Gasteiger partial charge is 0.478 e. The first-order valence-electron chi connectivity index (χ1n) is 5.63. The molecule has 0 saturated carbocycles. The number of rotatable bonds is 6. The zero-order chi connectivity index (χ0) is 14.5. The summed E-state index contributed by atoms with van der Waals surface area (Å²) in [5, 5.41) is 11.9. The number of unbranched alkanes of at least 4 members (excludes halogenated alkanes) is 1. The molecule has 0 aliphatic heterocycles. The predicted octanol–water partition coefficient (Wildman–Crippen LogP) is 4.29. The minimum atomic E-state index is -4.14. The van der Waals surface area contributed by atoms with E-state index in [2.05, 4.69) is 21.2 Å². The molecule has 7 heteroatoms. The highest BCUT2D eigenvalue weighted by atomic mass is 79.9. The molecular formula is C12H13BrF3NO2. The molecule has 1 aromatic rings. The van der Waals surface area contributed by atoms with Crippen molar-refractivity contribution >= 4 is 27.6 Å². The van der Waals surface area contributed by atoms with Gasteiger partial charge in [0.15, 0.2) is 0 Å². The van der Waals surface area contributed by atoms with Crippen molar-refractivity contribution in [3.8, 4) is 0 Å². The van der Waals surface area contributed by atoms with Gasteiger partial charge in [-0.25, -0.2) is 4.79 Å². The van der Waals surface area contributed by atoms with E-state index in [4.69, 9.17) is 5.11 Å². The van der Waals surface area contributed by atoms with Crippen molar-refractivity contribution in [2.45, 2.75) is 25.4 Å². The lowest BCUT2D eigenvalue weighted by Gasteiger charge is -2.11. The first-order chi connectivity index (χ1) is 8.81. The second-order valence-corrected chi connectivity index (χ2v) is 4.82. The van der Waals surface area contributed by atoms with Crippen LogP contribution >= 0.6 is 15.9 Å². The van der Waals surface area contributed by atoms with Crippen molar-refractivity contribution in [2.75, 3.05) is 11.9 Å². The first-order valence-corrected chi connectivity index (χ1v) is 6.43. The summed E-state index contributed by atoms with van der Waals surface area (Å²) in [5.41, 5.74) is 0.479. The Bertz CT molecular complexity index is 449. The van der Waals surface area contributed by atoms with Gasteiger partial charge in [0, 0.05) is 23.1 Å². The van der Waals surface area contributed by atoms with Crippen LogP contribution in [0.15, 0.2) is 22.7 Å². The van der Waals surface area contributed by atoms with Crippen LogP contribution in [0.3, 0.4) is 0 Å². The minimum Gasteiger partial charge on any atom is -0.478 e. The van der Waals surface area contributed by atoms with E-state index in [1.165, 1.54) is 0 Å². The van der Waals surface area contributed by atoms with Crippen LogP contribution in [0.5, 0.6) is 0 Å². The van der Waals surface area contributed by atoms with E-state index in [0.717, 1.165) is 0 Å². The van der Waals surface area contributed by atoms with E-state index in [0.29, 0.717) is 23.1 Å². The number of carbonyl (C=O) groups is 1. The van der Waals surface area contributed by atoms with Crippen LogP contribution in [-0.2, 0) is 0 Å². The van der Waals surface area contributed by atoms with E-state index in [1.54, 1.807) is 18.2 Å². The molecule has 1 aromatic carbocycles. The fourth-order valence-electron chi connectivity index (χ4n) is 1.56. The Labute approximate surface area is 116 Å². The van der Waals surface area contributed by atoms with Crippen LogP contribution in [0, 0.1) is 0 Å². The quantitative estimate of drug-likeness (QED) is 0.760. The summed E-state index contributed by atoms with van der Waals surface area (Å²) >= 11 is 3.13. The molecule has 0 amide bonds. The molecular weight excluding hydrogens is 327 g/mol. The Morgan fingerprint density at radius 3 is 2.58 bits per heavy atom. The molecule has 0 atom stereocenters. The lowest BCUT2D eigenvalue weighted by atomic mass is 10.1. The summed E-state index contributed by atoms with van der Waals surface area (Å²) < 4.78 is 36.2. The van der Waals surface area contributed by atoms with Gasteiger partial charge < -0.3 is 10.4 Å². The van der Waals surface area contributed by atoms with Gasteiger partial charge >= 0.3 is 12.1 Å². The average molecular weight is 340 g/mol. The number of hydrogen-bond donors (Lipinski definition) is 2. The fraction of sp³-hybridized carbons (Fsp3) is 0.417. The number of alkyl halides is 3. The second kappa shape index (κ2) is 6.79. The molecule has 0 spiro atoms. The van der Waals surface area contributed by atoms with Gasteiger partial charge in [-0.05, 0) is 40.9 Å². The SMILES string of the molecule is O=C(O)c1c(Br)cccc1NCCCCC(F)(F)F. The highest BCUT2D eigenvalue weighted by molar-refractivity contribution is 9.10. The van der Waals surface area contributed by atoms with Crippen molar-refractivity contribution in [3.63, 3.8) is 0 Å². The Hall–Kier alpha value is -1.24. The predicted molar refractivity (Wildman–Crippen MR) is 69.5 cm³/mol. The van der Waals surface area contributed by atoms with Gasteiger partial charge in [-0.2, -0.15) is 13.2 Å². The van der Waals surface area contributed by atoms with Crippen molar-refractivity contribution in [2.24, 2.45) is 0 Å². The molecule has 0 radical (unpaired) electrons. The van der Waals surface area contributed by atoms with Crippen molar-refractivity contribution in [3.05, 3.63) is 28.2 Å². The fourth-order valence-corrected chi connectivity index (χ4v) is 2.10. The van der Waals surface area contributed by atoms with E-state index < -0.39 is 18.6 Å². The molecule has 2 N–H and O–H groups in total. The maximum absolute atomic E-state index is 11.9. The summed E-state index contributed by atoms with van der Waals surface area (Å²) in [6.45, 7) is 0.298. The highest BCUT2D eigenvalue weighted by Crippen LogP contribution is 2.25. The van der Waals surface area contributed by atoms with Gasteiger partial charge in [-0.3, -0.25) is 0 Å². The molecule has 0 aliphatic carbocycles. The molecule has 0 saturated heterocycles. The monoisotopic (exact) mass is 339 g/mol. The third-order valence-electron chi connectivity index (χ3n) is 2.43. The first kappa shape index (κ1) is 15.8. The summed E-state index contributed by atoms with van der Waals surface area (Å²) in [5.74, 6) is -1.09. The number of carboxylic acids is 1. The van der Waals surface area contributed by atoms with Gasteiger partial charge in [0.25, 0.3) is 0 Å². The van der Waals surface area contributed by atoms with Crippen molar-refractivity contribution in [1.82, 2.24) is 0 Å². The van der Waals surface area contributed by atoms with Gasteiger partial charge in [0.1, 0.15) is 0 Å². The maximum atomic E-state index is 11.9. The highest BCUT2D eigenvalue weighted by Gasteiger charge is 2.25. The Balaban J connectivity index is 2.50. The summed E-state index contributed by atoms with van der Waals surface area (Å²) in [7, 11) is 0. The molecule has 0 aliphatic rings. The third-order valence-corrected chi connectivity index (χ3v) is 3.09. The zero-order valence-corrected chi connectivity index (χ0v) is 11.5. The van der Waals surface area contributed by atoms with Gasteiger partial charge in [0.05, 0.1) is 5.56 Å². The minimum absolute atomic E-state index is 0.0207. The molecule has 1 rings (SSSR count). The summed E-state index contributed by atoms with van der Waals surface area (Å²) in [6, 6.07) is 4.84. The van der Waals surface area contributed by atoms with E-state index in [-0.39, 0.29) is 12.0 Å². The molecule has 0 heterocycles. The number of halogens is 4. The Morgan fingerprint density at radius 2 is 2.00 bits per heavy atom. The van der Waals surface area contributed by atoms with E-state index in [9.17, 15) is 18.0 Å². The van der Waals surface area contributed by atoms with Crippen LogP contribution in [0.2, 0.25) is 0 Å². The molecule has 0 unspecified atom stereocenters. The third kappa shape index (κ3) is 5.50. The Kier molecular flexibility index (Phi) is 5.65. The zero-order valence-electron chi connectivity index (χ0n) is 9.93. The molecule has 0 fully saturated rings. The summed E-state index contributed by atoms with van der Waals surface area (Å²) in [6.07, 6.45) is -4.61. The van der Waals surface area contributed by atoms with E-state index in [1.807, 2.05) is 0 Å². The maximum Gasteiger partial charge on any atom is 0.389 e. The molecule has 0 bridgehead atoms. The van der Waals surface area contributed by atoms with Crippen LogP contribution in [0.1, 0.15) is 29.6 Å². The number of hydrogen-bond acceptors (Lipinski definition) is 2. The van der Waals surface area contributed by atoms with Gasteiger partial charge in [-0.1, -0.05) is 6.07 Å². The van der Waals surface area contributed by atoms with Crippen LogP contribution in [0.25, 0.3) is 0 Å². The van der Waals surface area contributed by atoms with Crippen LogP contribution in [0.4, 0.5) is 18.9 Å². The lowest BCUT2D eigenvalue weighted by molar-refractivity contribution is -0.135. The van der Waals surface area contributed by atoms with Gasteiger partial charge in [-0.15, -0.1) is 0 Å². The van der Waals surface area contributed by atoms with E-state index >= 15 is 0 Å². The number of benzene rings is 1. The molecule has 0 aromatic heterocycles. The number of nitrogens with one attached hydrogen (secondary N) is 1. The van der Waals surface area contributed by atoms with Gasteiger partial charge in [0.2, 0.25) is 0 Å². The van der Waals surface area contributed by atoms with Crippen molar-refractivity contribution in [1.29, 1.82) is 0 Å². The topological polar surface area (TPSA) is 49.3 Å². The normalized spacial score (nSPS) is 11.4. The average Bonchev–Trinajstić information content (AvgIpc) is 2.26. The number of anilines is 1. The molecule has 19 heavy (non-hydrogen) atoms. The molecule has 3 nitrogen and oxygen atoms in total. The molecule has 106 valence electrons. The number of carboxylic acid groups (broad SMARTS) is 1. The lowest BCUT2D eigenvalue weighted by Crippen LogP contribution is -2.10. The standard InChI is InChI=1S/C12H13BrF3NO2/c13-8-4-3-5-9(10(8)11(18)19)17-7-2-1-6-12(14,15)16/h3-5,17H,1-2,6-7H2,(H,18,19). The Morgan fingerprint density at radius 1 is 1.32 bits per heavy atom. The summed E-state index contributed by atoms with van der Waals surface area (Å²) in [4.78, 5) is 11.0. The van der Waals surface area contributed by atoms with Crippen LogP contribution < -0.4 is 5.32 Å². The second-order valence-electron chi connectivity index (χ2n) is 3.97.